The van der Waals surface area contributed by atoms with Crippen LogP contribution in [0, 0.1) is 0 Å². The fourth-order valence-electron chi connectivity index (χ4n) is 1.19. The molecule has 1 aromatic heterocycles. The zero-order valence-electron chi connectivity index (χ0n) is 9.86. The molecular formula is C12H15NO4. The summed E-state index contributed by atoms with van der Waals surface area (Å²) in [6, 6.07) is 3.28. The first-order chi connectivity index (χ1) is 8.17. The fraction of sp³-hybridized carbons (Fsp3) is 0.333. The second-order valence-corrected chi connectivity index (χ2v) is 3.13. The van der Waals surface area contributed by atoms with Crippen molar-refractivity contribution in [1.82, 2.24) is 4.98 Å². The van der Waals surface area contributed by atoms with E-state index in [4.69, 9.17) is 9.47 Å². The average Bonchev–Trinajstić information content (AvgIpc) is 2.76. The van der Waals surface area contributed by atoms with Gasteiger partial charge in [0.1, 0.15) is 5.69 Å². The Hall–Kier alpha value is -2.04. The van der Waals surface area contributed by atoms with E-state index in [-0.39, 0.29) is 0 Å². The molecule has 0 spiro atoms. The van der Waals surface area contributed by atoms with Gasteiger partial charge in [0.25, 0.3) is 0 Å². The van der Waals surface area contributed by atoms with Crippen LogP contribution in [0.2, 0.25) is 0 Å². The molecule has 0 bridgehead atoms. The smallest absolute Gasteiger partial charge is 0.354 e. The van der Waals surface area contributed by atoms with Crippen LogP contribution in [0.5, 0.6) is 0 Å². The molecule has 0 atom stereocenters. The maximum absolute atomic E-state index is 11.3. The molecule has 0 amide bonds. The minimum absolute atomic E-state index is 0.325. The summed E-state index contributed by atoms with van der Waals surface area (Å²) in [4.78, 5) is 25.2. The molecule has 17 heavy (non-hydrogen) atoms. The van der Waals surface area contributed by atoms with Crippen LogP contribution in [0.4, 0.5) is 0 Å². The summed E-state index contributed by atoms with van der Waals surface area (Å²) in [5, 5.41) is 0. The number of carbonyl (C=O) groups is 2. The quantitative estimate of drug-likeness (QED) is 0.626. The summed E-state index contributed by atoms with van der Waals surface area (Å²) < 4.78 is 9.54. The highest BCUT2D eigenvalue weighted by Gasteiger charge is 2.07. The minimum Gasteiger partial charge on any atom is -0.463 e. The Morgan fingerprint density at radius 2 is 1.94 bits per heavy atom. The van der Waals surface area contributed by atoms with Crippen molar-refractivity contribution in [3.8, 4) is 0 Å². The van der Waals surface area contributed by atoms with Gasteiger partial charge in [0.15, 0.2) is 0 Å². The minimum atomic E-state index is -0.417. The third kappa shape index (κ3) is 4.14. The molecule has 1 aromatic rings. The van der Waals surface area contributed by atoms with E-state index < -0.39 is 11.9 Å². The maximum Gasteiger partial charge on any atom is 0.354 e. The van der Waals surface area contributed by atoms with Crippen molar-refractivity contribution in [2.75, 3.05) is 13.2 Å². The number of carbonyl (C=O) groups excluding carboxylic acids is 2. The van der Waals surface area contributed by atoms with Crippen molar-refractivity contribution in [3.63, 3.8) is 0 Å². The van der Waals surface area contributed by atoms with Gasteiger partial charge in [-0.05, 0) is 32.1 Å². The van der Waals surface area contributed by atoms with Gasteiger partial charge in [-0.2, -0.15) is 0 Å². The number of ether oxygens (including phenoxy) is 2. The van der Waals surface area contributed by atoms with Gasteiger partial charge in [0, 0.05) is 11.8 Å². The van der Waals surface area contributed by atoms with Gasteiger partial charge >= 0.3 is 11.9 Å². The number of hydrogen-bond acceptors (Lipinski definition) is 4. The van der Waals surface area contributed by atoms with Gasteiger partial charge in [-0.15, -0.1) is 0 Å². The Labute approximate surface area is 99.4 Å². The first-order valence-corrected chi connectivity index (χ1v) is 5.38. The number of aromatic nitrogens is 1. The van der Waals surface area contributed by atoms with E-state index >= 15 is 0 Å². The molecule has 5 heteroatoms. The zero-order valence-corrected chi connectivity index (χ0v) is 9.86. The van der Waals surface area contributed by atoms with Crippen molar-refractivity contribution in [2.24, 2.45) is 0 Å². The Morgan fingerprint density at radius 1 is 1.24 bits per heavy atom. The maximum atomic E-state index is 11.3. The number of nitrogens with one attached hydrogen (secondary N) is 1. The van der Waals surface area contributed by atoms with Crippen LogP contribution in [0.25, 0.3) is 6.08 Å². The fourth-order valence-corrected chi connectivity index (χ4v) is 1.19. The van der Waals surface area contributed by atoms with Crippen LogP contribution >= 0.6 is 0 Å². The first kappa shape index (κ1) is 13.0. The van der Waals surface area contributed by atoms with Gasteiger partial charge in [-0.1, -0.05) is 0 Å². The molecule has 1 heterocycles. The predicted molar refractivity (Wildman–Crippen MR) is 62.4 cm³/mol. The second kappa shape index (κ2) is 6.52. The SMILES string of the molecule is CCOC(=O)/C=C/c1ccc(C(=O)OCC)[nH]1. The molecule has 92 valence electrons. The van der Waals surface area contributed by atoms with E-state index in [1.54, 1.807) is 32.1 Å². The third-order valence-electron chi connectivity index (χ3n) is 1.89. The second-order valence-electron chi connectivity index (χ2n) is 3.13. The molecule has 5 nitrogen and oxygen atoms in total. The lowest BCUT2D eigenvalue weighted by atomic mass is 10.4. The molecule has 0 saturated carbocycles. The van der Waals surface area contributed by atoms with Gasteiger partial charge in [0.2, 0.25) is 0 Å². The molecule has 0 saturated heterocycles. The van der Waals surface area contributed by atoms with E-state index in [0.717, 1.165) is 0 Å². The summed E-state index contributed by atoms with van der Waals surface area (Å²) >= 11 is 0. The van der Waals surface area contributed by atoms with E-state index in [0.29, 0.717) is 24.6 Å². The number of esters is 2. The summed E-state index contributed by atoms with van der Waals surface area (Å²) in [6.07, 6.45) is 2.84. The van der Waals surface area contributed by atoms with Crippen LogP contribution < -0.4 is 0 Å². The van der Waals surface area contributed by atoms with E-state index in [1.165, 1.54) is 6.08 Å². The lowest BCUT2D eigenvalue weighted by Crippen LogP contribution is -2.04. The van der Waals surface area contributed by atoms with E-state index in [9.17, 15) is 9.59 Å². The Kier molecular flexibility index (Phi) is 5.00. The highest BCUT2D eigenvalue weighted by atomic mass is 16.5. The van der Waals surface area contributed by atoms with Gasteiger partial charge < -0.3 is 14.5 Å². The van der Waals surface area contributed by atoms with E-state index in [1.807, 2.05) is 0 Å². The number of H-pyrrole nitrogens is 1. The summed E-state index contributed by atoms with van der Waals surface area (Å²) in [5.74, 6) is -0.830. The van der Waals surface area contributed by atoms with Crippen LogP contribution in [-0.2, 0) is 14.3 Å². The molecule has 0 unspecified atom stereocenters. The van der Waals surface area contributed by atoms with Gasteiger partial charge in [-0.3, -0.25) is 0 Å². The number of hydrogen-bond donors (Lipinski definition) is 1. The Morgan fingerprint density at radius 3 is 2.59 bits per heavy atom. The van der Waals surface area contributed by atoms with Crippen molar-refractivity contribution < 1.29 is 19.1 Å². The largest absolute Gasteiger partial charge is 0.463 e. The van der Waals surface area contributed by atoms with E-state index in [2.05, 4.69) is 4.98 Å². The van der Waals surface area contributed by atoms with Crippen LogP contribution in [-0.4, -0.2) is 30.1 Å². The van der Waals surface area contributed by atoms with Gasteiger partial charge in [-0.25, -0.2) is 9.59 Å². The number of rotatable bonds is 5. The Balaban J connectivity index is 2.62. The monoisotopic (exact) mass is 237 g/mol. The van der Waals surface area contributed by atoms with Crippen molar-refractivity contribution in [2.45, 2.75) is 13.8 Å². The molecule has 0 fully saturated rings. The van der Waals surface area contributed by atoms with Crippen LogP contribution in [0.3, 0.4) is 0 Å². The lowest BCUT2D eigenvalue weighted by Gasteiger charge is -1.97. The molecule has 0 radical (unpaired) electrons. The van der Waals surface area contributed by atoms with Crippen LogP contribution in [0.15, 0.2) is 18.2 Å². The number of aromatic amines is 1. The molecule has 0 aliphatic carbocycles. The summed E-state index contributed by atoms with van der Waals surface area (Å²) in [7, 11) is 0. The molecular weight excluding hydrogens is 222 g/mol. The van der Waals surface area contributed by atoms with Crippen molar-refractivity contribution in [1.29, 1.82) is 0 Å². The molecule has 0 aromatic carbocycles. The summed E-state index contributed by atoms with van der Waals surface area (Å²) in [5.41, 5.74) is 0.997. The Bertz CT molecular complexity index is 420. The van der Waals surface area contributed by atoms with Crippen LogP contribution in [0.1, 0.15) is 30.0 Å². The normalized spacial score (nSPS) is 10.5. The third-order valence-corrected chi connectivity index (χ3v) is 1.89. The van der Waals surface area contributed by atoms with Crippen molar-refractivity contribution in [3.05, 3.63) is 29.6 Å². The molecule has 1 rings (SSSR count). The topological polar surface area (TPSA) is 68.4 Å². The first-order valence-electron chi connectivity index (χ1n) is 5.38. The average molecular weight is 237 g/mol. The highest BCUT2D eigenvalue weighted by molar-refractivity contribution is 5.89. The molecule has 0 aliphatic heterocycles. The standard InChI is InChI=1S/C12H15NO4/c1-3-16-11(14)8-6-9-5-7-10(13-9)12(15)17-4-2/h5-8,13H,3-4H2,1-2H3/b8-6+. The highest BCUT2D eigenvalue weighted by Crippen LogP contribution is 2.05. The van der Waals surface area contributed by atoms with Crippen molar-refractivity contribution >= 4 is 18.0 Å². The van der Waals surface area contributed by atoms with Gasteiger partial charge in [0.05, 0.1) is 13.2 Å². The molecule has 0 aliphatic rings. The summed E-state index contributed by atoms with van der Waals surface area (Å²) in [6.45, 7) is 4.13. The predicted octanol–water partition coefficient (Wildman–Crippen LogP) is 1.77. The zero-order chi connectivity index (χ0) is 12.7. The molecule has 1 N–H and O–H groups in total. The lowest BCUT2D eigenvalue weighted by molar-refractivity contribution is -0.137.